The molecular formula is C11H14N4O5. The molecule has 1 rings (SSSR count). The third kappa shape index (κ3) is 4.52. The van der Waals surface area contributed by atoms with E-state index in [1.807, 2.05) is 0 Å². The van der Waals surface area contributed by atoms with Crippen molar-refractivity contribution in [2.75, 3.05) is 11.9 Å². The van der Waals surface area contributed by atoms with E-state index in [0.29, 0.717) is 19.4 Å². The van der Waals surface area contributed by atoms with Crippen LogP contribution >= 0.6 is 0 Å². The number of aliphatic carboxylic acids is 1. The summed E-state index contributed by atoms with van der Waals surface area (Å²) in [6, 6.07) is 1.05. The van der Waals surface area contributed by atoms with Gasteiger partial charge in [-0.05, 0) is 12.8 Å². The van der Waals surface area contributed by atoms with E-state index in [0.717, 1.165) is 12.3 Å². The summed E-state index contributed by atoms with van der Waals surface area (Å²) in [5.74, 6) is -1.55. The number of rotatable bonds is 8. The molecule has 0 aliphatic heterocycles. The Balaban J connectivity index is 2.67. The van der Waals surface area contributed by atoms with Crippen molar-refractivity contribution in [2.45, 2.75) is 19.3 Å². The third-order valence-electron chi connectivity index (χ3n) is 2.46. The molecule has 0 aromatic carbocycles. The minimum Gasteiger partial charge on any atom is -0.481 e. The van der Waals surface area contributed by atoms with E-state index in [4.69, 9.17) is 10.8 Å². The zero-order valence-corrected chi connectivity index (χ0v) is 10.5. The Morgan fingerprint density at radius 1 is 1.45 bits per heavy atom. The summed E-state index contributed by atoms with van der Waals surface area (Å²) in [5, 5.41) is 21.9. The van der Waals surface area contributed by atoms with Crippen LogP contribution in [0.4, 0.5) is 11.5 Å². The Bertz CT molecular complexity index is 532. The van der Waals surface area contributed by atoms with Crippen molar-refractivity contribution in [2.24, 2.45) is 5.73 Å². The van der Waals surface area contributed by atoms with Gasteiger partial charge < -0.3 is 16.2 Å². The Labute approximate surface area is 114 Å². The highest BCUT2D eigenvalue weighted by molar-refractivity contribution is 5.98. The van der Waals surface area contributed by atoms with Gasteiger partial charge in [0.2, 0.25) is 0 Å². The second-order valence-corrected chi connectivity index (χ2v) is 3.99. The summed E-state index contributed by atoms with van der Waals surface area (Å²) in [6.07, 6.45) is 2.11. The van der Waals surface area contributed by atoms with Crippen molar-refractivity contribution in [1.82, 2.24) is 4.98 Å². The number of hydrogen-bond acceptors (Lipinski definition) is 6. The number of primary amides is 1. The van der Waals surface area contributed by atoms with Gasteiger partial charge in [0.25, 0.3) is 11.6 Å². The van der Waals surface area contributed by atoms with Crippen LogP contribution in [-0.2, 0) is 4.79 Å². The summed E-state index contributed by atoms with van der Waals surface area (Å²) in [7, 11) is 0. The fourth-order valence-electron chi connectivity index (χ4n) is 1.49. The van der Waals surface area contributed by atoms with Gasteiger partial charge in [-0.2, -0.15) is 0 Å². The number of carbonyl (C=O) groups excluding carboxylic acids is 1. The van der Waals surface area contributed by atoms with Gasteiger partial charge in [-0.1, -0.05) is 0 Å². The van der Waals surface area contributed by atoms with Crippen molar-refractivity contribution < 1.29 is 19.6 Å². The first-order chi connectivity index (χ1) is 9.41. The van der Waals surface area contributed by atoms with Crippen LogP contribution in [0.1, 0.15) is 29.6 Å². The predicted octanol–water partition coefficient (Wildman–Crippen LogP) is 0.756. The quantitative estimate of drug-likeness (QED) is 0.362. The lowest BCUT2D eigenvalue weighted by molar-refractivity contribution is -0.385. The largest absolute Gasteiger partial charge is 0.481 e. The average molecular weight is 282 g/mol. The Kier molecular flexibility index (Phi) is 5.39. The van der Waals surface area contributed by atoms with E-state index >= 15 is 0 Å². The number of nitrogens with two attached hydrogens (primary N) is 1. The number of nitrogens with zero attached hydrogens (tertiary/aromatic N) is 2. The molecule has 4 N–H and O–H groups in total. The minimum absolute atomic E-state index is 0.0536. The van der Waals surface area contributed by atoms with Crippen molar-refractivity contribution >= 4 is 23.4 Å². The number of nitrogens with one attached hydrogen (secondary N) is 1. The number of unbranched alkanes of at least 4 members (excludes halogenated alkanes) is 1. The summed E-state index contributed by atoms with van der Waals surface area (Å²) < 4.78 is 0. The maximum atomic E-state index is 11.2. The Morgan fingerprint density at radius 2 is 2.15 bits per heavy atom. The average Bonchev–Trinajstić information content (AvgIpc) is 2.37. The number of aromatic nitrogens is 1. The van der Waals surface area contributed by atoms with E-state index < -0.39 is 16.8 Å². The molecule has 0 aliphatic rings. The number of carboxylic acids is 1. The number of nitro groups is 1. The fraction of sp³-hybridized carbons (Fsp3) is 0.364. The molecule has 0 bridgehead atoms. The van der Waals surface area contributed by atoms with Gasteiger partial charge in [0.15, 0.2) is 0 Å². The number of carboxylic acid groups (broad SMARTS) is 1. The topological polar surface area (TPSA) is 148 Å². The lowest BCUT2D eigenvalue weighted by Gasteiger charge is -2.08. The second kappa shape index (κ2) is 7.02. The van der Waals surface area contributed by atoms with Gasteiger partial charge in [-0.25, -0.2) is 4.98 Å². The summed E-state index contributed by atoms with van der Waals surface area (Å²) >= 11 is 0. The van der Waals surface area contributed by atoms with E-state index in [1.165, 1.54) is 0 Å². The number of hydrogen-bond donors (Lipinski definition) is 3. The molecule has 0 spiro atoms. The SMILES string of the molecule is NC(=O)c1cc([N+](=O)[O-])cnc1NCCCCC(=O)O. The fourth-order valence-corrected chi connectivity index (χ4v) is 1.49. The molecule has 0 saturated carbocycles. The van der Waals surface area contributed by atoms with Gasteiger partial charge in [0.1, 0.15) is 12.0 Å². The molecule has 1 amide bonds. The highest BCUT2D eigenvalue weighted by Crippen LogP contribution is 2.18. The van der Waals surface area contributed by atoms with Gasteiger partial charge in [-0.3, -0.25) is 19.7 Å². The van der Waals surface area contributed by atoms with Crippen LogP contribution in [-0.4, -0.2) is 33.4 Å². The molecule has 9 heteroatoms. The summed E-state index contributed by atoms with van der Waals surface area (Å²) in [6.45, 7) is 0.387. The second-order valence-electron chi connectivity index (χ2n) is 3.99. The molecule has 108 valence electrons. The van der Waals surface area contributed by atoms with E-state index in [9.17, 15) is 19.7 Å². The normalized spacial score (nSPS) is 10.0. The number of pyridine rings is 1. The molecule has 1 aromatic heterocycles. The molecule has 0 radical (unpaired) electrons. The molecule has 9 nitrogen and oxygen atoms in total. The molecule has 0 unspecified atom stereocenters. The smallest absolute Gasteiger partial charge is 0.303 e. The maximum Gasteiger partial charge on any atom is 0.303 e. The van der Waals surface area contributed by atoms with Crippen molar-refractivity contribution in [3.8, 4) is 0 Å². The molecule has 0 saturated heterocycles. The first-order valence-corrected chi connectivity index (χ1v) is 5.81. The van der Waals surface area contributed by atoms with E-state index in [2.05, 4.69) is 10.3 Å². The van der Waals surface area contributed by atoms with Crippen LogP contribution in [0.2, 0.25) is 0 Å². The van der Waals surface area contributed by atoms with Crippen LogP contribution in [0.25, 0.3) is 0 Å². The van der Waals surface area contributed by atoms with Crippen LogP contribution in [0.5, 0.6) is 0 Å². The van der Waals surface area contributed by atoms with E-state index in [-0.39, 0.29) is 23.5 Å². The Hall–Kier alpha value is -2.71. The Morgan fingerprint density at radius 3 is 2.70 bits per heavy atom. The number of carbonyl (C=O) groups is 2. The first kappa shape index (κ1) is 15.3. The van der Waals surface area contributed by atoms with Crippen LogP contribution in [0.3, 0.4) is 0 Å². The minimum atomic E-state index is -0.878. The summed E-state index contributed by atoms with van der Waals surface area (Å²) in [4.78, 5) is 35.2. The molecule has 0 fully saturated rings. The molecule has 0 atom stereocenters. The van der Waals surface area contributed by atoms with Gasteiger partial charge in [0, 0.05) is 19.0 Å². The molecule has 0 aliphatic carbocycles. The first-order valence-electron chi connectivity index (χ1n) is 5.81. The van der Waals surface area contributed by atoms with Crippen LogP contribution in [0, 0.1) is 10.1 Å². The standard InChI is InChI=1S/C11H14N4O5/c12-10(18)8-5-7(15(19)20)6-14-11(8)13-4-2-1-3-9(16)17/h5-6H,1-4H2,(H2,12,18)(H,13,14)(H,16,17). The highest BCUT2D eigenvalue weighted by Gasteiger charge is 2.15. The molecular weight excluding hydrogens is 268 g/mol. The van der Waals surface area contributed by atoms with Crippen molar-refractivity contribution in [3.63, 3.8) is 0 Å². The lowest BCUT2D eigenvalue weighted by Crippen LogP contribution is -2.16. The van der Waals surface area contributed by atoms with Gasteiger partial charge in [0.05, 0.1) is 10.5 Å². The summed E-state index contributed by atoms with van der Waals surface area (Å²) in [5.41, 5.74) is 4.74. The third-order valence-corrected chi connectivity index (χ3v) is 2.46. The van der Waals surface area contributed by atoms with Crippen LogP contribution < -0.4 is 11.1 Å². The van der Waals surface area contributed by atoms with Gasteiger partial charge >= 0.3 is 5.97 Å². The van der Waals surface area contributed by atoms with Crippen molar-refractivity contribution in [3.05, 3.63) is 27.9 Å². The zero-order valence-electron chi connectivity index (χ0n) is 10.5. The zero-order chi connectivity index (χ0) is 15.1. The predicted molar refractivity (Wildman–Crippen MR) is 69.4 cm³/mol. The highest BCUT2D eigenvalue weighted by atomic mass is 16.6. The number of anilines is 1. The van der Waals surface area contributed by atoms with Crippen molar-refractivity contribution in [1.29, 1.82) is 0 Å². The van der Waals surface area contributed by atoms with Crippen LogP contribution in [0.15, 0.2) is 12.3 Å². The monoisotopic (exact) mass is 282 g/mol. The molecule has 1 heterocycles. The lowest BCUT2D eigenvalue weighted by atomic mass is 10.2. The van der Waals surface area contributed by atoms with Gasteiger partial charge in [-0.15, -0.1) is 0 Å². The number of amides is 1. The maximum absolute atomic E-state index is 11.2. The van der Waals surface area contributed by atoms with E-state index in [1.54, 1.807) is 0 Å². The molecule has 20 heavy (non-hydrogen) atoms. The molecule has 1 aromatic rings.